The van der Waals surface area contributed by atoms with Crippen LogP contribution in [0, 0.1) is 6.92 Å². The van der Waals surface area contributed by atoms with Gasteiger partial charge in [-0.1, -0.05) is 51.8 Å². The van der Waals surface area contributed by atoms with Crippen LogP contribution in [0.25, 0.3) is 11.3 Å². The van der Waals surface area contributed by atoms with E-state index in [0.717, 1.165) is 25.0 Å². The van der Waals surface area contributed by atoms with E-state index in [2.05, 4.69) is 26.2 Å². The minimum Gasteiger partial charge on any atom is -0.325 e. The number of halogens is 2. The Kier molecular flexibility index (Phi) is 8.03. The van der Waals surface area contributed by atoms with Crippen LogP contribution in [0.15, 0.2) is 87.5 Å². The molecule has 0 atom stereocenters. The molecule has 0 saturated heterocycles. The number of carbonyl (C=O) groups is 1. The van der Waals surface area contributed by atoms with Gasteiger partial charge in [0.2, 0.25) is 15.9 Å². The Bertz CT molecular complexity index is 1440. The number of amides is 1. The lowest BCUT2D eigenvalue weighted by Crippen LogP contribution is -2.37. The lowest BCUT2D eigenvalue weighted by atomic mass is 10.1. The number of thiazole rings is 1. The van der Waals surface area contributed by atoms with Crippen molar-refractivity contribution < 1.29 is 13.2 Å². The van der Waals surface area contributed by atoms with Crippen molar-refractivity contribution in [1.29, 1.82) is 0 Å². The third-order valence-corrected chi connectivity index (χ3v) is 8.46. The molecule has 0 radical (unpaired) electrons. The Morgan fingerprint density at radius 2 is 1.80 bits per heavy atom. The molecule has 10 heteroatoms. The van der Waals surface area contributed by atoms with E-state index in [1.807, 2.05) is 30.5 Å². The van der Waals surface area contributed by atoms with E-state index >= 15 is 0 Å². The fourth-order valence-corrected chi connectivity index (χ4v) is 5.78. The van der Waals surface area contributed by atoms with Crippen molar-refractivity contribution in [3.05, 3.63) is 98.2 Å². The van der Waals surface area contributed by atoms with Gasteiger partial charge in [0, 0.05) is 32.7 Å². The summed E-state index contributed by atoms with van der Waals surface area (Å²) in [6, 6.07) is 20.5. The van der Waals surface area contributed by atoms with Gasteiger partial charge in [-0.15, -0.1) is 11.3 Å². The largest absolute Gasteiger partial charge is 0.325 e. The number of hydrogen-bond donors (Lipinski definition) is 1. The van der Waals surface area contributed by atoms with Gasteiger partial charge >= 0.3 is 0 Å². The Labute approximate surface area is 221 Å². The lowest BCUT2D eigenvalue weighted by Gasteiger charge is -2.22. The summed E-state index contributed by atoms with van der Waals surface area (Å²) < 4.78 is 28.8. The average molecular weight is 591 g/mol. The summed E-state index contributed by atoms with van der Waals surface area (Å²) >= 11 is 10.8. The topological polar surface area (TPSA) is 79.4 Å². The third-order valence-electron chi connectivity index (χ3n) is 5.10. The highest BCUT2D eigenvalue weighted by Gasteiger charge is 2.27. The van der Waals surface area contributed by atoms with Crippen LogP contribution < -0.4 is 5.32 Å². The van der Waals surface area contributed by atoms with Gasteiger partial charge < -0.3 is 5.32 Å². The van der Waals surface area contributed by atoms with Gasteiger partial charge in [-0.25, -0.2) is 13.4 Å². The van der Waals surface area contributed by atoms with Gasteiger partial charge in [0.05, 0.1) is 22.1 Å². The van der Waals surface area contributed by atoms with Gasteiger partial charge in [-0.05, 0) is 61.0 Å². The van der Waals surface area contributed by atoms with Crippen LogP contribution >= 0.6 is 38.9 Å². The lowest BCUT2D eigenvalue weighted by molar-refractivity contribution is -0.116. The fraction of sp³-hybridized carbons (Fsp3) is 0.120. The second-order valence-corrected chi connectivity index (χ2v) is 12.1. The van der Waals surface area contributed by atoms with Crippen molar-refractivity contribution in [3.63, 3.8) is 0 Å². The van der Waals surface area contributed by atoms with E-state index in [-0.39, 0.29) is 18.0 Å². The molecule has 1 N–H and O–H groups in total. The molecule has 0 aliphatic carbocycles. The summed E-state index contributed by atoms with van der Waals surface area (Å²) in [6.07, 6.45) is 0. The molecule has 0 aliphatic heterocycles. The highest BCUT2D eigenvalue weighted by atomic mass is 79.9. The molecule has 1 amide bonds. The monoisotopic (exact) mass is 589 g/mol. The van der Waals surface area contributed by atoms with Crippen LogP contribution in [0.2, 0.25) is 5.02 Å². The maximum atomic E-state index is 13.4. The zero-order valence-corrected chi connectivity index (χ0v) is 22.6. The van der Waals surface area contributed by atoms with Crippen LogP contribution in [0.1, 0.15) is 10.6 Å². The smallest absolute Gasteiger partial charge is 0.243 e. The first-order valence-electron chi connectivity index (χ1n) is 10.5. The van der Waals surface area contributed by atoms with Gasteiger partial charge in [0.25, 0.3) is 0 Å². The summed E-state index contributed by atoms with van der Waals surface area (Å²) in [5.74, 6) is -0.453. The van der Waals surface area contributed by atoms with Crippen LogP contribution in [0.3, 0.4) is 0 Å². The number of rotatable bonds is 8. The number of carbonyl (C=O) groups excluding carboxylic acids is 1. The molecule has 1 heterocycles. The Morgan fingerprint density at radius 3 is 2.46 bits per heavy atom. The normalized spacial score (nSPS) is 11.5. The molecule has 0 fully saturated rings. The van der Waals surface area contributed by atoms with Crippen molar-refractivity contribution >= 4 is 60.5 Å². The Balaban J connectivity index is 1.57. The zero-order chi connectivity index (χ0) is 25.0. The number of hydrogen-bond acceptors (Lipinski definition) is 5. The predicted octanol–water partition coefficient (Wildman–Crippen LogP) is 6.36. The van der Waals surface area contributed by atoms with Gasteiger partial charge in [0.1, 0.15) is 0 Å². The van der Waals surface area contributed by atoms with E-state index in [4.69, 9.17) is 11.6 Å². The summed E-state index contributed by atoms with van der Waals surface area (Å²) in [4.78, 5) is 17.6. The van der Waals surface area contributed by atoms with Crippen LogP contribution in [0.4, 0.5) is 5.69 Å². The molecule has 0 saturated carbocycles. The molecule has 3 aromatic carbocycles. The fourth-order valence-electron chi connectivity index (χ4n) is 3.39. The number of nitrogens with zero attached hydrogens (tertiary/aromatic N) is 2. The van der Waals surface area contributed by atoms with Crippen LogP contribution in [0.5, 0.6) is 0 Å². The first kappa shape index (κ1) is 25.5. The van der Waals surface area contributed by atoms with Gasteiger partial charge in [0.15, 0.2) is 0 Å². The zero-order valence-electron chi connectivity index (χ0n) is 18.6. The SMILES string of the molecule is Cc1nc(-c2cccc(NC(=O)CN(Cc3ccc(Cl)cc3)S(=O)(=O)c3ccc(Br)cc3)c2)cs1. The van der Waals surface area contributed by atoms with Crippen molar-refractivity contribution in [2.24, 2.45) is 0 Å². The number of anilines is 1. The molecular weight excluding hydrogens is 570 g/mol. The molecule has 0 bridgehead atoms. The number of sulfonamides is 1. The van der Waals surface area contributed by atoms with Crippen LogP contribution in [-0.4, -0.2) is 30.2 Å². The standard InChI is InChI=1S/C25H21BrClN3O3S2/c1-17-28-24(16-34-17)19-3-2-4-22(13-19)29-25(31)15-30(14-18-5-9-21(27)10-6-18)35(32,33)23-11-7-20(26)8-12-23/h2-13,16H,14-15H2,1H3,(H,29,31). The summed E-state index contributed by atoms with van der Waals surface area (Å²) in [5.41, 5.74) is 2.97. The first-order chi connectivity index (χ1) is 16.7. The number of aromatic nitrogens is 1. The molecule has 35 heavy (non-hydrogen) atoms. The van der Waals surface area contributed by atoms with E-state index in [1.165, 1.54) is 12.1 Å². The van der Waals surface area contributed by atoms with E-state index < -0.39 is 15.9 Å². The Morgan fingerprint density at radius 1 is 1.09 bits per heavy atom. The maximum absolute atomic E-state index is 13.4. The highest BCUT2D eigenvalue weighted by Crippen LogP contribution is 2.25. The molecular formula is C25H21BrClN3O3S2. The van der Waals surface area contributed by atoms with Gasteiger partial charge in [-0.3, -0.25) is 4.79 Å². The van der Waals surface area contributed by atoms with Crippen molar-refractivity contribution in [3.8, 4) is 11.3 Å². The maximum Gasteiger partial charge on any atom is 0.243 e. The molecule has 6 nitrogen and oxygen atoms in total. The summed E-state index contributed by atoms with van der Waals surface area (Å²) in [6.45, 7) is 1.59. The van der Waals surface area contributed by atoms with Crippen molar-refractivity contribution in [2.75, 3.05) is 11.9 Å². The van der Waals surface area contributed by atoms with E-state index in [9.17, 15) is 13.2 Å². The number of aryl methyl sites for hydroxylation is 1. The second-order valence-electron chi connectivity index (χ2n) is 7.73. The van der Waals surface area contributed by atoms with E-state index in [0.29, 0.717) is 16.3 Å². The summed E-state index contributed by atoms with van der Waals surface area (Å²) in [5, 5.41) is 6.27. The minimum atomic E-state index is -3.95. The predicted molar refractivity (Wildman–Crippen MR) is 144 cm³/mol. The Hall–Kier alpha value is -2.56. The van der Waals surface area contributed by atoms with Crippen molar-refractivity contribution in [2.45, 2.75) is 18.4 Å². The van der Waals surface area contributed by atoms with Crippen molar-refractivity contribution in [1.82, 2.24) is 9.29 Å². The number of benzene rings is 3. The summed E-state index contributed by atoms with van der Waals surface area (Å²) in [7, 11) is -3.95. The molecule has 4 aromatic rings. The molecule has 0 unspecified atom stereocenters. The first-order valence-corrected chi connectivity index (χ1v) is 14.0. The second kappa shape index (κ2) is 11.0. The third kappa shape index (κ3) is 6.56. The quantitative estimate of drug-likeness (QED) is 0.259. The molecule has 180 valence electrons. The molecule has 0 spiro atoms. The van der Waals surface area contributed by atoms with Crippen LogP contribution in [-0.2, 0) is 21.4 Å². The van der Waals surface area contributed by atoms with E-state index in [1.54, 1.807) is 53.8 Å². The highest BCUT2D eigenvalue weighted by molar-refractivity contribution is 9.10. The molecule has 0 aliphatic rings. The van der Waals surface area contributed by atoms with Gasteiger partial charge in [-0.2, -0.15) is 4.31 Å². The molecule has 4 rings (SSSR count). The molecule has 1 aromatic heterocycles. The average Bonchev–Trinajstić information content (AvgIpc) is 3.27. The number of nitrogens with one attached hydrogen (secondary N) is 1. The minimum absolute atomic E-state index is 0.0150.